The Morgan fingerprint density at radius 2 is 1.76 bits per heavy atom. The molecule has 1 aromatic heterocycles. The summed E-state index contributed by atoms with van der Waals surface area (Å²) in [6.07, 6.45) is 1.45. The van der Waals surface area contributed by atoms with Crippen LogP contribution in [-0.4, -0.2) is 15.7 Å². The van der Waals surface area contributed by atoms with Gasteiger partial charge in [-0.25, -0.2) is 4.68 Å². The SMILES string of the molecule is Cc1cccc(C)c1NC(=O)/C(C#N)=C/c1c(C)nn(-c2ccccc2Cl)c1Cl. The van der Waals surface area contributed by atoms with Crippen LogP contribution in [0.2, 0.25) is 10.2 Å². The maximum absolute atomic E-state index is 12.7. The molecule has 0 radical (unpaired) electrons. The van der Waals surface area contributed by atoms with Crippen LogP contribution in [0.25, 0.3) is 11.8 Å². The van der Waals surface area contributed by atoms with Crippen molar-refractivity contribution in [3.05, 3.63) is 80.6 Å². The van der Waals surface area contributed by atoms with E-state index in [0.29, 0.717) is 27.7 Å². The first-order chi connectivity index (χ1) is 13.8. The lowest BCUT2D eigenvalue weighted by Gasteiger charge is -2.10. The molecule has 5 nitrogen and oxygen atoms in total. The molecule has 1 N–H and O–H groups in total. The molecule has 0 aliphatic rings. The number of halogens is 2. The van der Waals surface area contributed by atoms with Gasteiger partial charge < -0.3 is 5.32 Å². The Kier molecular flexibility index (Phi) is 6.07. The Labute approximate surface area is 179 Å². The van der Waals surface area contributed by atoms with Crippen LogP contribution in [0.1, 0.15) is 22.4 Å². The van der Waals surface area contributed by atoms with Crippen LogP contribution in [0.5, 0.6) is 0 Å². The third-order valence-corrected chi connectivity index (χ3v) is 5.19. The number of benzene rings is 2. The van der Waals surface area contributed by atoms with E-state index in [4.69, 9.17) is 23.2 Å². The number of carbonyl (C=O) groups is 1. The lowest BCUT2D eigenvalue weighted by molar-refractivity contribution is -0.112. The van der Waals surface area contributed by atoms with Crippen molar-refractivity contribution in [2.45, 2.75) is 20.8 Å². The number of nitrogens with zero attached hydrogens (tertiary/aromatic N) is 3. The smallest absolute Gasteiger partial charge is 0.266 e. The number of hydrogen-bond donors (Lipinski definition) is 1. The predicted octanol–water partition coefficient (Wildman–Crippen LogP) is 5.65. The van der Waals surface area contributed by atoms with Crippen molar-refractivity contribution < 1.29 is 4.79 Å². The number of amides is 1. The first-order valence-electron chi connectivity index (χ1n) is 8.83. The van der Waals surface area contributed by atoms with Gasteiger partial charge in [0.1, 0.15) is 16.8 Å². The molecule has 0 unspecified atom stereocenters. The fourth-order valence-corrected chi connectivity index (χ4v) is 3.48. The Bertz CT molecular complexity index is 1150. The summed E-state index contributed by atoms with van der Waals surface area (Å²) in [5.74, 6) is -0.508. The van der Waals surface area contributed by atoms with Crippen LogP contribution in [0, 0.1) is 32.1 Å². The highest BCUT2D eigenvalue weighted by atomic mass is 35.5. The van der Waals surface area contributed by atoms with Gasteiger partial charge in [-0.15, -0.1) is 0 Å². The monoisotopic (exact) mass is 424 g/mol. The van der Waals surface area contributed by atoms with Gasteiger partial charge >= 0.3 is 0 Å². The second-order valence-corrected chi connectivity index (χ2v) is 7.31. The summed E-state index contributed by atoms with van der Waals surface area (Å²) >= 11 is 12.8. The molecule has 3 aromatic rings. The number of para-hydroxylation sites is 2. The van der Waals surface area contributed by atoms with Gasteiger partial charge in [-0.3, -0.25) is 4.79 Å². The average molecular weight is 425 g/mol. The third-order valence-electron chi connectivity index (χ3n) is 4.50. The lowest BCUT2D eigenvalue weighted by Crippen LogP contribution is -2.15. The predicted molar refractivity (Wildman–Crippen MR) is 116 cm³/mol. The van der Waals surface area contributed by atoms with Crippen LogP contribution in [0.3, 0.4) is 0 Å². The Hall–Kier alpha value is -3.07. The van der Waals surface area contributed by atoms with E-state index in [1.807, 2.05) is 50.2 Å². The molecule has 2 aromatic carbocycles. The fraction of sp³-hybridized carbons (Fsp3) is 0.136. The second-order valence-electron chi connectivity index (χ2n) is 6.54. The van der Waals surface area contributed by atoms with Crippen molar-refractivity contribution >= 4 is 40.9 Å². The Balaban J connectivity index is 1.99. The molecule has 0 saturated heterocycles. The van der Waals surface area contributed by atoms with E-state index in [2.05, 4.69) is 10.4 Å². The van der Waals surface area contributed by atoms with E-state index in [9.17, 15) is 10.1 Å². The molecular formula is C22H18Cl2N4O. The van der Waals surface area contributed by atoms with Gasteiger partial charge in [-0.05, 0) is 50.1 Å². The van der Waals surface area contributed by atoms with E-state index in [1.165, 1.54) is 10.8 Å². The van der Waals surface area contributed by atoms with Gasteiger partial charge in [0.2, 0.25) is 0 Å². The Morgan fingerprint density at radius 1 is 1.10 bits per heavy atom. The van der Waals surface area contributed by atoms with E-state index < -0.39 is 5.91 Å². The third kappa shape index (κ3) is 4.19. The highest BCUT2D eigenvalue weighted by Gasteiger charge is 2.18. The van der Waals surface area contributed by atoms with Crippen molar-refractivity contribution in [1.29, 1.82) is 5.26 Å². The van der Waals surface area contributed by atoms with Gasteiger partial charge in [-0.1, -0.05) is 53.5 Å². The minimum absolute atomic E-state index is 0.0728. The first kappa shape index (κ1) is 20.7. The zero-order valence-electron chi connectivity index (χ0n) is 16.1. The van der Waals surface area contributed by atoms with Crippen LogP contribution in [-0.2, 0) is 4.79 Å². The summed E-state index contributed by atoms with van der Waals surface area (Å²) in [7, 11) is 0. The van der Waals surface area contributed by atoms with Gasteiger partial charge in [0.25, 0.3) is 5.91 Å². The summed E-state index contributed by atoms with van der Waals surface area (Å²) in [5.41, 5.74) is 4.11. The van der Waals surface area contributed by atoms with Gasteiger partial charge in [0, 0.05) is 11.3 Å². The summed E-state index contributed by atoms with van der Waals surface area (Å²) in [5, 5.41) is 17.5. The van der Waals surface area contributed by atoms with Gasteiger partial charge in [0.15, 0.2) is 0 Å². The number of nitriles is 1. The topological polar surface area (TPSA) is 70.7 Å². The molecule has 0 saturated carbocycles. The van der Waals surface area contributed by atoms with Crippen molar-refractivity contribution in [1.82, 2.24) is 9.78 Å². The summed E-state index contributed by atoms with van der Waals surface area (Å²) < 4.78 is 1.49. The van der Waals surface area contributed by atoms with Crippen LogP contribution >= 0.6 is 23.2 Å². The number of aryl methyl sites for hydroxylation is 3. The van der Waals surface area contributed by atoms with Crippen molar-refractivity contribution in [2.75, 3.05) is 5.32 Å². The molecule has 29 heavy (non-hydrogen) atoms. The number of hydrogen-bond acceptors (Lipinski definition) is 3. The summed E-state index contributed by atoms with van der Waals surface area (Å²) in [6.45, 7) is 5.55. The van der Waals surface area contributed by atoms with Crippen LogP contribution < -0.4 is 5.32 Å². The van der Waals surface area contributed by atoms with E-state index in [1.54, 1.807) is 19.1 Å². The standard InChI is InChI=1S/C22H18Cl2N4O/c1-13-7-6-8-14(2)20(13)26-22(29)16(12-25)11-17-15(3)27-28(21(17)24)19-10-5-4-9-18(19)23/h4-11H,1-3H3,(H,26,29)/b16-11+. The summed E-state index contributed by atoms with van der Waals surface area (Å²) in [6, 6.07) is 14.8. The highest BCUT2D eigenvalue weighted by molar-refractivity contribution is 6.33. The second kappa shape index (κ2) is 8.52. The zero-order chi connectivity index (χ0) is 21.1. The van der Waals surface area contributed by atoms with Crippen molar-refractivity contribution in [2.24, 2.45) is 0 Å². The number of anilines is 1. The first-order valence-corrected chi connectivity index (χ1v) is 9.58. The normalized spacial score (nSPS) is 11.2. The summed E-state index contributed by atoms with van der Waals surface area (Å²) in [4.78, 5) is 12.7. The molecule has 0 aliphatic carbocycles. The van der Waals surface area contributed by atoms with Crippen molar-refractivity contribution in [3.8, 4) is 11.8 Å². The quantitative estimate of drug-likeness (QED) is 0.434. The van der Waals surface area contributed by atoms with Crippen LogP contribution in [0.15, 0.2) is 48.0 Å². The van der Waals surface area contributed by atoms with Crippen molar-refractivity contribution in [3.63, 3.8) is 0 Å². The molecule has 0 bridgehead atoms. The van der Waals surface area contributed by atoms with E-state index >= 15 is 0 Å². The number of nitrogens with one attached hydrogen (secondary N) is 1. The zero-order valence-corrected chi connectivity index (χ0v) is 17.6. The maximum atomic E-state index is 12.7. The molecule has 3 rings (SSSR count). The van der Waals surface area contributed by atoms with Gasteiger partial charge in [-0.2, -0.15) is 10.4 Å². The van der Waals surface area contributed by atoms with E-state index in [0.717, 1.165) is 11.1 Å². The molecule has 146 valence electrons. The Morgan fingerprint density at radius 3 is 2.38 bits per heavy atom. The number of rotatable bonds is 4. The largest absolute Gasteiger partial charge is 0.321 e. The maximum Gasteiger partial charge on any atom is 0.266 e. The molecule has 0 spiro atoms. The minimum Gasteiger partial charge on any atom is -0.321 e. The van der Waals surface area contributed by atoms with Gasteiger partial charge in [0.05, 0.1) is 16.4 Å². The average Bonchev–Trinajstić information content (AvgIpc) is 2.96. The highest BCUT2D eigenvalue weighted by Crippen LogP contribution is 2.29. The molecule has 0 atom stereocenters. The number of aromatic nitrogens is 2. The number of carbonyl (C=O) groups excluding carboxylic acids is 1. The molecular weight excluding hydrogens is 407 g/mol. The molecule has 1 amide bonds. The molecule has 7 heteroatoms. The lowest BCUT2D eigenvalue weighted by atomic mass is 10.1. The molecule has 1 heterocycles. The minimum atomic E-state index is -0.508. The molecule has 0 fully saturated rings. The van der Waals surface area contributed by atoms with Crippen LogP contribution in [0.4, 0.5) is 5.69 Å². The molecule has 0 aliphatic heterocycles. The van der Waals surface area contributed by atoms with E-state index in [-0.39, 0.29) is 10.7 Å². The fourth-order valence-electron chi connectivity index (χ4n) is 2.94.